The number of rotatable bonds is 4. The number of amides is 1. The lowest BCUT2D eigenvalue weighted by Gasteiger charge is -2.34. The zero-order valence-electron chi connectivity index (χ0n) is 11.0. The molecule has 0 N–H and O–H groups in total. The maximum absolute atomic E-state index is 12.8. The van der Waals surface area contributed by atoms with Crippen molar-refractivity contribution in [1.29, 1.82) is 0 Å². The Labute approximate surface area is 113 Å². The molecule has 102 valence electrons. The molecule has 2 rings (SSSR count). The standard InChI is InChI=1S/C15H19FN2O/c1-2-7-17-8-10-18(11-9-17)15(19)12-13-3-5-14(16)6-4-13/h2-6H,1,7-12H2. The molecule has 0 saturated carbocycles. The summed E-state index contributed by atoms with van der Waals surface area (Å²) in [4.78, 5) is 16.3. The fourth-order valence-electron chi connectivity index (χ4n) is 2.25. The number of nitrogens with zero attached hydrogens (tertiary/aromatic N) is 2. The van der Waals surface area contributed by atoms with Crippen LogP contribution in [0, 0.1) is 5.82 Å². The van der Waals surface area contributed by atoms with E-state index in [1.54, 1.807) is 12.1 Å². The predicted octanol–water partition coefficient (Wildman–Crippen LogP) is 1.70. The molecular weight excluding hydrogens is 243 g/mol. The van der Waals surface area contributed by atoms with Gasteiger partial charge in [-0.25, -0.2) is 4.39 Å². The van der Waals surface area contributed by atoms with E-state index < -0.39 is 0 Å². The molecular formula is C15H19FN2O. The van der Waals surface area contributed by atoms with Crippen LogP contribution in [-0.4, -0.2) is 48.4 Å². The number of piperazine rings is 1. The number of hydrogen-bond donors (Lipinski definition) is 0. The minimum atomic E-state index is -0.269. The highest BCUT2D eigenvalue weighted by Gasteiger charge is 2.20. The molecule has 3 nitrogen and oxygen atoms in total. The lowest BCUT2D eigenvalue weighted by Crippen LogP contribution is -2.49. The van der Waals surface area contributed by atoms with Gasteiger partial charge in [-0.1, -0.05) is 18.2 Å². The second-order valence-corrected chi connectivity index (χ2v) is 4.77. The van der Waals surface area contributed by atoms with Crippen LogP contribution >= 0.6 is 0 Å². The molecule has 1 aromatic rings. The highest BCUT2D eigenvalue weighted by molar-refractivity contribution is 5.78. The van der Waals surface area contributed by atoms with E-state index in [1.807, 2.05) is 11.0 Å². The minimum Gasteiger partial charge on any atom is -0.340 e. The van der Waals surface area contributed by atoms with Crippen molar-refractivity contribution >= 4 is 5.91 Å². The van der Waals surface area contributed by atoms with Gasteiger partial charge in [0.15, 0.2) is 0 Å². The summed E-state index contributed by atoms with van der Waals surface area (Å²) >= 11 is 0. The van der Waals surface area contributed by atoms with Crippen LogP contribution in [0.1, 0.15) is 5.56 Å². The summed E-state index contributed by atoms with van der Waals surface area (Å²) in [5.74, 6) is -0.154. The number of carbonyl (C=O) groups excluding carboxylic acids is 1. The van der Waals surface area contributed by atoms with E-state index in [-0.39, 0.29) is 11.7 Å². The van der Waals surface area contributed by atoms with E-state index in [0.29, 0.717) is 6.42 Å². The fraction of sp³-hybridized carbons (Fsp3) is 0.400. The van der Waals surface area contributed by atoms with E-state index in [1.165, 1.54) is 12.1 Å². The Morgan fingerprint density at radius 3 is 2.42 bits per heavy atom. The number of carbonyl (C=O) groups is 1. The number of hydrogen-bond acceptors (Lipinski definition) is 2. The summed E-state index contributed by atoms with van der Waals surface area (Å²) in [6.07, 6.45) is 2.23. The molecule has 0 unspecified atom stereocenters. The molecule has 0 bridgehead atoms. The Kier molecular flexibility index (Phi) is 4.68. The first-order valence-corrected chi connectivity index (χ1v) is 6.54. The van der Waals surface area contributed by atoms with Crippen LogP contribution in [0.3, 0.4) is 0 Å². The third-order valence-corrected chi connectivity index (χ3v) is 3.38. The molecule has 4 heteroatoms. The van der Waals surface area contributed by atoms with Crippen molar-refractivity contribution in [3.63, 3.8) is 0 Å². The average molecular weight is 262 g/mol. The zero-order valence-corrected chi connectivity index (χ0v) is 11.0. The van der Waals surface area contributed by atoms with E-state index in [9.17, 15) is 9.18 Å². The van der Waals surface area contributed by atoms with Crippen molar-refractivity contribution in [1.82, 2.24) is 9.80 Å². The van der Waals surface area contributed by atoms with Crippen molar-refractivity contribution < 1.29 is 9.18 Å². The SMILES string of the molecule is C=CCN1CCN(C(=O)Cc2ccc(F)cc2)CC1. The second-order valence-electron chi connectivity index (χ2n) is 4.77. The molecule has 1 amide bonds. The monoisotopic (exact) mass is 262 g/mol. The van der Waals surface area contributed by atoms with Crippen LogP contribution in [0.2, 0.25) is 0 Å². The molecule has 0 aliphatic carbocycles. The summed E-state index contributed by atoms with van der Waals surface area (Å²) in [6.45, 7) is 7.89. The Balaban J connectivity index is 1.84. The molecule has 0 aromatic heterocycles. The largest absolute Gasteiger partial charge is 0.340 e. The van der Waals surface area contributed by atoms with Gasteiger partial charge in [-0.2, -0.15) is 0 Å². The fourth-order valence-corrected chi connectivity index (χ4v) is 2.25. The average Bonchev–Trinajstić information content (AvgIpc) is 2.42. The van der Waals surface area contributed by atoms with Crippen molar-refractivity contribution in [3.8, 4) is 0 Å². The summed E-state index contributed by atoms with van der Waals surface area (Å²) < 4.78 is 12.8. The predicted molar refractivity (Wildman–Crippen MR) is 73.3 cm³/mol. The second kappa shape index (κ2) is 6.48. The van der Waals surface area contributed by atoms with E-state index in [0.717, 1.165) is 38.3 Å². The molecule has 1 aromatic carbocycles. The smallest absolute Gasteiger partial charge is 0.227 e. The molecule has 1 fully saturated rings. The Bertz CT molecular complexity index is 436. The van der Waals surface area contributed by atoms with Crippen molar-refractivity contribution in [2.45, 2.75) is 6.42 Å². The summed E-state index contributed by atoms with van der Waals surface area (Å²) in [5.41, 5.74) is 0.861. The van der Waals surface area contributed by atoms with Crippen LogP contribution in [0.4, 0.5) is 4.39 Å². The lowest BCUT2D eigenvalue weighted by molar-refractivity contribution is -0.132. The van der Waals surface area contributed by atoms with Gasteiger partial charge in [-0.15, -0.1) is 6.58 Å². The molecule has 0 spiro atoms. The maximum Gasteiger partial charge on any atom is 0.227 e. The Morgan fingerprint density at radius 2 is 1.84 bits per heavy atom. The van der Waals surface area contributed by atoms with Gasteiger partial charge in [-0.3, -0.25) is 9.69 Å². The number of benzene rings is 1. The molecule has 1 aliphatic rings. The highest BCUT2D eigenvalue weighted by Crippen LogP contribution is 2.08. The van der Waals surface area contributed by atoms with E-state index >= 15 is 0 Å². The van der Waals surface area contributed by atoms with Crippen molar-refractivity contribution in [3.05, 3.63) is 48.3 Å². The van der Waals surface area contributed by atoms with Gasteiger partial charge in [0, 0.05) is 32.7 Å². The van der Waals surface area contributed by atoms with Gasteiger partial charge in [0.25, 0.3) is 0 Å². The van der Waals surface area contributed by atoms with Crippen LogP contribution in [0.5, 0.6) is 0 Å². The topological polar surface area (TPSA) is 23.6 Å². The zero-order chi connectivity index (χ0) is 13.7. The Morgan fingerprint density at radius 1 is 1.21 bits per heavy atom. The van der Waals surface area contributed by atoms with Gasteiger partial charge in [-0.05, 0) is 17.7 Å². The van der Waals surface area contributed by atoms with Crippen LogP contribution in [0.25, 0.3) is 0 Å². The summed E-state index contributed by atoms with van der Waals surface area (Å²) in [7, 11) is 0. The molecule has 1 aliphatic heterocycles. The molecule has 0 radical (unpaired) electrons. The minimum absolute atomic E-state index is 0.116. The third kappa shape index (κ3) is 3.89. The van der Waals surface area contributed by atoms with Crippen molar-refractivity contribution in [2.75, 3.05) is 32.7 Å². The lowest BCUT2D eigenvalue weighted by atomic mass is 10.1. The van der Waals surface area contributed by atoms with Crippen LogP contribution < -0.4 is 0 Å². The molecule has 1 heterocycles. The normalized spacial score (nSPS) is 16.4. The summed E-state index contributed by atoms with van der Waals surface area (Å²) in [5, 5.41) is 0. The third-order valence-electron chi connectivity index (χ3n) is 3.38. The van der Waals surface area contributed by atoms with Crippen LogP contribution in [-0.2, 0) is 11.2 Å². The first-order valence-electron chi connectivity index (χ1n) is 6.54. The van der Waals surface area contributed by atoms with Crippen LogP contribution in [0.15, 0.2) is 36.9 Å². The first kappa shape index (κ1) is 13.7. The number of halogens is 1. The first-order chi connectivity index (χ1) is 9.19. The Hall–Kier alpha value is -1.68. The van der Waals surface area contributed by atoms with Crippen molar-refractivity contribution in [2.24, 2.45) is 0 Å². The maximum atomic E-state index is 12.8. The van der Waals surface area contributed by atoms with Gasteiger partial charge in [0.05, 0.1) is 6.42 Å². The van der Waals surface area contributed by atoms with Gasteiger partial charge in [0.1, 0.15) is 5.82 Å². The van der Waals surface area contributed by atoms with Gasteiger partial charge >= 0.3 is 0 Å². The van der Waals surface area contributed by atoms with Gasteiger partial charge < -0.3 is 4.90 Å². The van der Waals surface area contributed by atoms with Gasteiger partial charge in [0.2, 0.25) is 5.91 Å². The summed E-state index contributed by atoms with van der Waals surface area (Å²) in [6, 6.07) is 6.12. The van der Waals surface area contributed by atoms with E-state index in [4.69, 9.17) is 0 Å². The quantitative estimate of drug-likeness (QED) is 0.771. The van der Waals surface area contributed by atoms with E-state index in [2.05, 4.69) is 11.5 Å². The highest BCUT2D eigenvalue weighted by atomic mass is 19.1. The molecule has 19 heavy (non-hydrogen) atoms. The molecule has 0 atom stereocenters. The molecule has 1 saturated heterocycles.